The molecule has 5 atom stereocenters. The Morgan fingerprint density at radius 2 is 2.24 bits per heavy atom. The maximum atomic E-state index is 10.3. The van der Waals surface area contributed by atoms with Crippen LogP contribution in [0.1, 0.15) is 46.5 Å². The quantitative estimate of drug-likeness (QED) is 0.665. The highest BCUT2D eigenvalue weighted by molar-refractivity contribution is 5.02. The smallest absolute Gasteiger partial charge is 0.0629 e. The average Bonchev–Trinajstić information content (AvgIpc) is 2.50. The second-order valence-corrected chi connectivity index (χ2v) is 5.62. The third kappa shape index (κ3) is 3.71. The summed E-state index contributed by atoms with van der Waals surface area (Å²) in [6.45, 7) is 10.1. The number of hydrogen-bond acceptors (Lipinski definition) is 3. The number of allylic oxidation sites excluding steroid dienone is 1. The van der Waals surface area contributed by atoms with Gasteiger partial charge in [-0.1, -0.05) is 33.3 Å². The van der Waals surface area contributed by atoms with Gasteiger partial charge in [-0.25, -0.2) is 0 Å². The molecule has 5 unspecified atom stereocenters. The van der Waals surface area contributed by atoms with Crippen LogP contribution in [0, 0.1) is 11.8 Å². The highest BCUT2D eigenvalue weighted by Crippen LogP contribution is 2.34. The van der Waals surface area contributed by atoms with Crippen LogP contribution in [0.4, 0.5) is 0 Å². The summed E-state index contributed by atoms with van der Waals surface area (Å²) in [4.78, 5) is 0. The summed E-state index contributed by atoms with van der Waals surface area (Å²) in [5.41, 5.74) is 7.22. The van der Waals surface area contributed by atoms with E-state index in [9.17, 15) is 5.11 Å². The first kappa shape index (κ1) is 14.5. The number of unbranched alkanes of at least 4 members (excludes halogenated alkanes) is 1. The third-order valence-electron chi connectivity index (χ3n) is 3.88. The van der Waals surface area contributed by atoms with Gasteiger partial charge in [-0.3, -0.25) is 0 Å². The fraction of sp³-hybridized carbons (Fsp3) is 0.857. The molecule has 1 aliphatic carbocycles. The van der Waals surface area contributed by atoms with Gasteiger partial charge in [-0.15, -0.1) is 0 Å². The first-order chi connectivity index (χ1) is 7.97. The van der Waals surface area contributed by atoms with E-state index in [4.69, 9.17) is 5.73 Å². The van der Waals surface area contributed by atoms with Crippen LogP contribution in [-0.2, 0) is 0 Å². The lowest BCUT2D eigenvalue weighted by atomic mass is 9.89. The summed E-state index contributed by atoms with van der Waals surface area (Å²) in [6.07, 6.45) is 4.00. The minimum absolute atomic E-state index is 0.0896. The Kier molecular flexibility index (Phi) is 5.47. The molecule has 4 N–H and O–H groups in total. The van der Waals surface area contributed by atoms with Gasteiger partial charge in [-0.2, -0.15) is 0 Å². The van der Waals surface area contributed by atoms with E-state index in [1.54, 1.807) is 0 Å². The molecule has 100 valence electrons. The van der Waals surface area contributed by atoms with E-state index in [0.717, 1.165) is 31.4 Å². The minimum Gasteiger partial charge on any atom is -0.392 e. The summed E-state index contributed by atoms with van der Waals surface area (Å²) in [5, 5.41) is 13.6. The molecule has 0 aromatic heterocycles. The minimum atomic E-state index is -0.279. The van der Waals surface area contributed by atoms with E-state index in [1.165, 1.54) is 0 Å². The van der Waals surface area contributed by atoms with Gasteiger partial charge in [0.15, 0.2) is 0 Å². The average molecular weight is 240 g/mol. The molecule has 3 heteroatoms. The van der Waals surface area contributed by atoms with Gasteiger partial charge in [0.1, 0.15) is 0 Å². The lowest BCUT2D eigenvalue weighted by Gasteiger charge is -2.29. The Balaban J connectivity index is 2.65. The lowest BCUT2D eigenvalue weighted by molar-refractivity contribution is 0.0786. The maximum absolute atomic E-state index is 10.3. The summed E-state index contributed by atoms with van der Waals surface area (Å²) in [6, 6.07) is 0.371. The molecule has 0 radical (unpaired) electrons. The van der Waals surface area contributed by atoms with Crippen LogP contribution in [0.3, 0.4) is 0 Å². The number of rotatable bonds is 6. The van der Waals surface area contributed by atoms with Crippen LogP contribution in [0.15, 0.2) is 12.3 Å². The Hall–Kier alpha value is -0.540. The summed E-state index contributed by atoms with van der Waals surface area (Å²) < 4.78 is 0. The van der Waals surface area contributed by atoms with Gasteiger partial charge in [-0.05, 0) is 25.7 Å². The molecule has 0 spiro atoms. The van der Waals surface area contributed by atoms with Gasteiger partial charge in [0.05, 0.1) is 6.10 Å². The van der Waals surface area contributed by atoms with Gasteiger partial charge in [0, 0.05) is 23.7 Å². The largest absolute Gasteiger partial charge is 0.392 e. The fourth-order valence-electron chi connectivity index (χ4n) is 2.97. The number of aliphatic hydroxyl groups is 1. The topological polar surface area (TPSA) is 58.3 Å². The van der Waals surface area contributed by atoms with Crippen molar-refractivity contribution >= 4 is 0 Å². The van der Waals surface area contributed by atoms with Crippen LogP contribution >= 0.6 is 0 Å². The number of nitrogens with one attached hydrogen (secondary N) is 1. The summed E-state index contributed by atoms with van der Waals surface area (Å²) in [7, 11) is 0. The zero-order valence-electron chi connectivity index (χ0n) is 11.4. The molecule has 0 heterocycles. The van der Waals surface area contributed by atoms with E-state index in [1.807, 2.05) is 6.92 Å². The Morgan fingerprint density at radius 1 is 1.59 bits per heavy atom. The predicted molar refractivity (Wildman–Crippen MR) is 72.5 cm³/mol. The van der Waals surface area contributed by atoms with Crippen LogP contribution in [-0.4, -0.2) is 23.3 Å². The lowest BCUT2D eigenvalue weighted by Crippen LogP contribution is -2.45. The highest BCUT2D eigenvalue weighted by atomic mass is 16.3. The Morgan fingerprint density at radius 3 is 2.76 bits per heavy atom. The van der Waals surface area contributed by atoms with Crippen LogP contribution in [0.2, 0.25) is 0 Å². The van der Waals surface area contributed by atoms with E-state index < -0.39 is 0 Å². The second-order valence-electron chi connectivity index (χ2n) is 5.62. The van der Waals surface area contributed by atoms with Crippen molar-refractivity contribution in [2.24, 2.45) is 17.6 Å². The number of nitrogens with two attached hydrogens (primary N) is 1. The number of hydrogen-bond donors (Lipinski definition) is 3. The summed E-state index contributed by atoms with van der Waals surface area (Å²) >= 11 is 0. The van der Waals surface area contributed by atoms with Gasteiger partial charge in [0.25, 0.3) is 0 Å². The summed E-state index contributed by atoms with van der Waals surface area (Å²) in [5.74, 6) is 0.484. The predicted octanol–water partition coefficient (Wildman–Crippen LogP) is 2.01. The molecule has 0 bridgehead atoms. The zero-order chi connectivity index (χ0) is 13.0. The monoisotopic (exact) mass is 240 g/mol. The van der Waals surface area contributed by atoms with E-state index in [0.29, 0.717) is 5.92 Å². The number of aliphatic hydroxyl groups excluding tert-OH is 1. The molecular weight excluding hydrogens is 212 g/mol. The normalized spacial score (nSPS) is 34.6. The molecule has 1 fully saturated rings. The van der Waals surface area contributed by atoms with Crippen molar-refractivity contribution in [2.75, 3.05) is 0 Å². The van der Waals surface area contributed by atoms with Crippen molar-refractivity contribution in [2.45, 2.75) is 64.6 Å². The third-order valence-corrected chi connectivity index (χ3v) is 3.88. The second kappa shape index (κ2) is 6.41. The Bertz CT molecular complexity index is 255. The first-order valence-electron chi connectivity index (χ1n) is 6.83. The maximum Gasteiger partial charge on any atom is 0.0629 e. The zero-order valence-corrected chi connectivity index (χ0v) is 11.4. The van der Waals surface area contributed by atoms with E-state index in [2.05, 4.69) is 25.7 Å². The molecule has 1 saturated carbocycles. The molecule has 0 aromatic carbocycles. The van der Waals surface area contributed by atoms with Gasteiger partial charge < -0.3 is 16.2 Å². The van der Waals surface area contributed by atoms with Crippen molar-refractivity contribution in [1.29, 1.82) is 0 Å². The molecule has 3 nitrogen and oxygen atoms in total. The van der Waals surface area contributed by atoms with E-state index in [-0.39, 0.29) is 24.1 Å². The van der Waals surface area contributed by atoms with Crippen LogP contribution in [0.5, 0.6) is 0 Å². The Labute approximate surface area is 105 Å². The molecule has 0 aliphatic heterocycles. The highest BCUT2D eigenvalue weighted by Gasteiger charge is 2.42. The SMILES string of the molecule is C=C(C)NC1CC(C)C(O)C1C(N)CCCC. The molecule has 0 saturated heterocycles. The molecule has 0 aromatic rings. The van der Waals surface area contributed by atoms with Gasteiger partial charge >= 0.3 is 0 Å². The first-order valence-corrected chi connectivity index (χ1v) is 6.83. The van der Waals surface area contributed by atoms with Crippen LogP contribution in [0.25, 0.3) is 0 Å². The van der Waals surface area contributed by atoms with Crippen molar-refractivity contribution < 1.29 is 5.11 Å². The van der Waals surface area contributed by atoms with Crippen LogP contribution < -0.4 is 11.1 Å². The van der Waals surface area contributed by atoms with Crippen molar-refractivity contribution in [3.05, 3.63) is 12.3 Å². The van der Waals surface area contributed by atoms with E-state index >= 15 is 0 Å². The molecule has 1 aliphatic rings. The fourth-order valence-corrected chi connectivity index (χ4v) is 2.97. The molecule has 17 heavy (non-hydrogen) atoms. The molecular formula is C14H28N2O. The van der Waals surface area contributed by atoms with Crippen molar-refractivity contribution in [1.82, 2.24) is 5.32 Å². The standard InChI is InChI=1S/C14H28N2O/c1-5-6-7-11(15)13-12(16-9(2)3)8-10(4)14(13)17/h10-14,16-17H,2,5-8,15H2,1,3-4H3. The van der Waals surface area contributed by atoms with Crippen molar-refractivity contribution in [3.8, 4) is 0 Å². The van der Waals surface area contributed by atoms with Gasteiger partial charge in [0.2, 0.25) is 0 Å². The molecule has 0 amide bonds. The van der Waals surface area contributed by atoms with Crippen molar-refractivity contribution in [3.63, 3.8) is 0 Å². The molecule has 1 rings (SSSR count).